The first-order valence-electron chi connectivity index (χ1n) is 9.70. The molecule has 0 saturated carbocycles. The average Bonchev–Trinajstić information content (AvgIpc) is 2.71. The lowest BCUT2D eigenvalue weighted by atomic mass is 10.2. The van der Waals surface area contributed by atoms with Gasteiger partial charge in [-0.2, -0.15) is 0 Å². The van der Waals surface area contributed by atoms with Gasteiger partial charge in [0, 0.05) is 39.3 Å². The standard InChI is InChI=1S/C23H30N2O2/c1-3-7-20-10-11-22(23(18-20)26-2)27-17-16-24-12-14-25(15-13-24)19-21-8-5-4-6-9-21/h3-11,18H,12-17,19H2,1-2H3/b7-3+. The van der Waals surface area contributed by atoms with Gasteiger partial charge in [-0.15, -0.1) is 0 Å². The van der Waals surface area contributed by atoms with Crippen LogP contribution in [0.25, 0.3) is 6.08 Å². The Morgan fingerprint density at radius 1 is 0.926 bits per heavy atom. The average molecular weight is 367 g/mol. The van der Waals surface area contributed by atoms with E-state index in [2.05, 4.69) is 52.3 Å². The molecule has 1 aliphatic heterocycles. The van der Waals surface area contributed by atoms with Crippen molar-refractivity contribution in [3.63, 3.8) is 0 Å². The Bertz CT molecular complexity index is 722. The Hall–Kier alpha value is -2.30. The third kappa shape index (κ3) is 5.84. The second-order valence-corrected chi connectivity index (χ2v) is 6.86. The van der Waals surface area contributed by atoms with Gasteiger partial charge in [0.1, 0.15) is 6.61 Å². The lowest BCUT2D eigenvalue weighted by Gasteiger charge is -2.34. The smallest absolute Gasteiger partial charge is 0.161 e. The number of piperazine rings is 1. The van der Waals surface area contributed by atoms with Crippen molar-refractivity contribution in [3.8, 4) is 11.5 Å². The van der Waals surface area contributed by atoms with Crippen molar-refractivity contribution in [2.75, 3.05) is 46.4 Å². The molecule has 0 atom stereocenters. The topological polar surface area (TPSA) is 24.9 Å². The van der Waals surface area contributed by atoms with Gasteiger partial charge in [-0.05, 0) is 30.2 Å². The Morgan fingerprint density at radius 3 is 2.37 bits per heavy atom. The molecule has 0 bridgehead atoms. The first-order valence-corrected chi connectivity index (χ1v) is 9.70. The normalized spacial score (nSPS) is 15.9. The van der Waals surface area contributed by atoms with E-state index in [0.717, 1.165) is 56.3 Å². The molecule has 27 heavy (non-hydrogen) atoms. The van der Waals surface area contributed by atoms with Crippen LogP contribution < -0.4 is 9.47 Å². The highest BCUT2D eigenvalue weighted by Crippen LogP contribution is 2.28. The van der Waals surface area contributed by atoms with Crippen LogP contribution in [0.5, 0.6) is 11.5 Å². The van der Waals surface area contributed by atoms with Gasteiger partial charge in [-0.25, -0.2) is 0 Å². The van der Waals surface area contributed by atoms with Crippen molar-refractivity contribution in [3.05, 3.63) is 65.7 Å². The van der Waals surface area contributed by atoms with E-state index in [1.54, 1.807) is 7.11 Å². The Morgan fingerprint density at radius 2 is 1.67 bits per heavy atom. The molecule has 0 N–H and O–H groups in total. The molecule has 1 aliphatic rings. The molecule has 1 fully saturated rings. The van der Waals surface area contributed by atoms with Crippen LogP contribution >= 0.6 is 0 Å². The van der Waals surface area contributed by atoms with Gasteiger partial charge in [0.15, 0.2) is 11.5 Å². The van der Waals surface area contributed by atoms with Crippen LogP contribution in [-0.4, -0.2) is 56.2 Å². The van der Waals surface area contributed by atoms with Crippen molar-refractivity contribution in [1.29, 1.82) is 0 Å². The molecular formula is C23H30N2O2. The van der Waals surface area contributed by atoms with Crippen LogP contribution in [0.2, 0.25) is 0 Å². The van der Waals surface area contributed by atoms with Crippen molar-refractivity contribution in [1.82, 2.24) is 9.80 Å². The largest absolute Gasteiger partial charge is 0.493 e. The molecule has 4 heteroatoms. The summed E-state index contributed by atoms with van der Waals surface area (Å²) in [7, 11) is 1.69. The molecular weight excluding hydrogens is 336 g/mol. The summed E-state index contributed by atoms with van der Waals surface area (Å²) in [6.45, 7) is 9.07. The highest BCUT2D eigenvalue weighted by atomic mass is 16.5. The summed E-state index contributed by atoms with van der Waals surface area (Å²) in [5, 5.41) is 0. The Balaban J connectivity index is 1.41. The highest BCUT2D eigenvalue weighted by molar-refractivity contribution is 5.55. The van der Waals surface area contributed by atoms with Crippen molar-refractivity contribution >= 4 is 6.08 Å². The van der Waals surface area contributed by atoms with Crippen LogP contribution in [-0.2, 0) is 6.54 Å². The van der Waals surface area contributed by atoms with Gasteiger partial charge in [0.05, 0.1) is 7.11 Å². The summed E-state index contributed by atoms with van der Waals surface area (Å²) < 4.78 is 11.4. The molecule has 0 amide bonds. The first kappa shape index (κ1) is 19.5. The molecule has 0 aliphatic carbocycles. The van der Waals surface area contributed by atoms with E-state index < -0.39 is 0 Å². The molecule has 1 heterocycles. The maximum atomic E-state index is 5.98. The van der Waals surface area contributed by atoms with Crippen molar-refractivity contribution in [2.24, 2.45) is 0 Å². The molecule has 2 aromatic carbocycles. The second-order valence-electron chi connectivity index (χ2n) is 6.86. The van der Waals surface area contributed by atoms with Crippen LogP contribution in [0.1, 0.15) is 18.1 Å². The van der Waals surface area contributed by atoms with E-state index in [1.165, 1.54) is 5.56 Å². The van der Waals surface area contributed by atoms with E-state index >= 15 is 0 Å². The zero-order valence-corrected chi connectivity index (χ0v) is 16.4. The molecule has 3 rings (SSSR count). The number of hydrogen-bond acceptors (Lipinski definition) is 4. The fourth-order valence-electron chi connectivity index (χ4n) is 3.40. The summed E-state index contributed by atoms with van der Waals surface area (Å²) >= 11 is 0. The van der Waals surface area contributed by atoms with Gasteiger partial charge in [-0.1, -0.05) is 48.6 Å². The first-order chi connectivity index (χ1) is 13.3. The minimum absolute atomic E-state index is 0.679. The molecule has 2 aromatic rings. The number of nitrogens with zero attached hydrogens (tertiary/aromatic N) is 2. The summed E-state index contributed by atoms with van der Waals surface area (Å²) in [4.78, 5) is 5.00. The molecule has 1 saturated heterocycles. The van der Waals surface area contributed by atoms with Crippen LogP contribution in [0.15, 0.2) is 54.6 Å². The van der Waals surface area contributed by atoms with E-state index in [4.69, 9.17) is 9.47 Å². The SMILES string of the molecule is C/C=C/c1ccc(OCCN2CCN(Cc3ccccc3)CC2)c(OC)c1. The third-order valence-electron chi connectivity index (χ3n) is 4.93. The summed E-state index contributed by atoms with van der Waals surface area (Å²) in [5.41, 5.74) is 2.51. The van der Waals surface area contributed by atoms with Gasteiger partial charge in [0.25, 0.3) is 0 Å². The molecule has 0 radical (unpaired) electrons. The number of hydrogen-bond donors (Lipinski definition) is 0. The van der Waals surface area contributed by atoms with Gasteiger partial charge in [-0.3, -0.25) is 9.80 Å². The summed E-state index contributed by atoms with van der Waals surface area (Å²) in [6.07, 6.45) is 4.08. The van der Waals surface area contributed by atoms with Crippen LogP contribution in [0.3, 0.4) is 0 Å². The molecule has 144 valence electrons. The predicted molar refractivity (Wildman–Crippen MR) is 111 cm³/mol. The number of methoxy groups -OCH3 is 1. The fourth-order valence-corrected chi connectivity index (χ4v) is 3.40. The molecule has 4 nitrogen and oxygen atoms in total. The van der Waals surface area contributed by atoms with Crippen LogP contribution in [0, 0.1) is 0 Å². The van der Waals surface area contributed by atoms with Gasteiger partial charge in [0.2, 0.25) is 0 Å². The van der Waals surface area contributed by atoms with E-state index in [-0.39, 0.29) is 0 Å². The maximum Gasteiger partial charge on any atom is 0.161 e. The van der Waals surface area contributed by atoms with Crippen molar-refractivity contribution < 1.29 is 9.47 Å². The van der Waals surface area contributed by atoms with Crippen molar-refractivity contribution in [2.45, 2.75) is 13.5 Å². The Labute approximate surface area is 163 Å². The summed E-state index contributed by atoms with van der Waals surface area (Å²) in [6, 6.07) is 16.8. The summed E-state index contributed by atoms with van der Waals surface area (Å²) in [5.74, 6) is 1.60. The zero-order valence-electron chi connectivity index (χ0n) is 16.4. The van der Waals surface area contributed by atoms with Crippen LogP contribution in [0.4, 0.5) is 0 Å². The lowest BCUT2D eigenvalue weighted by molar-refractivity contribution is 0.112. The number of rotatable bonds is 8. The monoisotopic (exact) mass is 366 g/mol. The molecule has 0 unspecified atom stereocenters. The van der Waals surface area contributed by atoms with Gasteiger partial charge >= 0.3 is 0 Å². The number of benzene rings is 2. The third-order valence-corrected chi connectivity index (χ3v) is 4.93. The molecule has 0 spiro atoms. The van der Waals surface area contributed by atoms with E-state index in [0.29, 0.717) is 6.61 Å². The van der Waals surface area contributed by atoms with Gasteiger partial charge < -0.3 is 9.47 Å². The zero-order chi connectivity index (χ0) is 18.9. The fraction of sp³-hybridized carbons (Fsp3) is 0.391. The molecule has 0 aromatic heterocycles. The minimum atomic E-state index is 0.679. The predicted octanol–water partition coefficient (Wildman–Crippen LogP) is 3.92. The lowest BCUT2D eigenvalue weighted by Crippen LogP contribution is -2.47. The quantitative estimate of drug-likeness (QED) is 0.707. The number of ether oxygens (including phenoxy) is 2. The van der Waals surface area contributed by atoms with E-state index in [1.807, 2.05) is 25.1 Å². The Kier molecular flexibility index (Phi) is 7.31. The minimum Gasteiger partial charge on any atom is -0.493 e. The second kappa shape index (κ2) is 10.1. The number of allylic oxidation sites excluding steroid dienone is 1. The maximum absolute atomic E-state index is 5.98. The van der Waals surface area contributed by atoms with E-state index in [9.17, 15) is 0 Å². The highest BCUT2D eigenvalue weighted by Gasteiger charge is 2.17.